The van der Waals surface area contributed by atoms with Crippen molar-refractivity contribution in [2.24, 2.45) is 0 Å². The maximum atomic E-state index is 14.2. The van der Waals surface area contributed by atoms with Crippen LogP contribution < -0.4 is 23.8 Å². The average molecular weight is 517 g/mol. The molecule has 7 nitrogen and oxygen atoms in total. The van der Waals surface area contributed by atoms with E-state index in [1.807, 2.05) is 36.4 Å². The van der Waals surface area contributed by atoms with Gasteiger partial charge in [0.1, 0.15) is 5.75 Å². The zero-order chi connectivity index (χ0) is 25.0. The van der Waals surface area contributed by atoms with E-state index >= 15 is 0 Å². The molecule has 4 rings (SSSR count). The SMILES string of the molecule is COc1ccc(S(=O)(=O)N(c2c(Cc3ccccc3Cl)cccc2OC)C2CCNC2)cc1OC. The van der Waals surface area contributed by atoms with Crippen LogP contribution in [0, 0.1) is 0 Å². The van der Waals surface area contributed by atoms with E-state index in [-0.39, 0.29) is 10.9 Å². The van der Waals surface area contributed by atoms with Gasteiger partial charge in [-0.05, 0) is 48.4 Å². The molecular weight excluding hydrogens is 488 g/mol. The Bertz CT molecular complexity index is 1290. The van der Waals surface area contributed by atoms with Crippen molar-refractivity contribution in [3.05, 3.63) is 76.8 Å². The summed E-state index contributed by atoms with van der Waals surface area (Å²) in [5.74, 6) is 1.28. The number of nitrogens with zero attached hydrogens (tertiary/aromatic N) is 1. The molecule has 1 saturated heterocycles. The van der Waals surface area contributed by atoms with Gasteiger partial charge in [-0.3, -0.25) is 4.31 Å². The van der Waals surface area contributed by atoms with Crippen LogP contribution in [0.15, 0.2) is 65.6 Å². The molecule has 0 bridgehead atoms. The van der Waals surface area contributed by atoms with Crippen LogP contribution in [0.5, 0.6) is 17.2 Å². The van der Waals surface area contributed by atoms with E-state index in [4.69, 9.17) is 25.8 Å². The first-order chi connectivity index (χ1) is 16.9. The Morgan fingerprint density at radius 3 is 2.29 bits per heavy atom. The van der Waals surface area contributed by atoms with E-state index in [0.717, 1.165) is 17.7 Å². The topological polar surface area (TPSA) is 77.1 Å². The molecule has 0 saturated carbocycles. The number of ether oxygens (including phenoxy) is 3. The van der Waals surface area contributed by atoms with Crippen LogP contribution in [-0.2, 0) is 16.4 Å². The fourth-order valence-corrected chi connectivity index (χ4v) is 6.35. The highest BCUT2D eigenvalue weighted by Gasteiger charge is 2.37. The number of hydrogen-bond acceptors (Lipinski definition) is 6. The second-order valence-electron chi connectivity index (χ2n) is 8.20. The summed E-state index contributed by atoms with van der Waals surface area (Å²) in [6, 6.07) is 17.5. The minimum absolute atomic E-state index is 0.108. The molecule has 9 heteroatoms. The summed E-state index contributed by atoms with van der Waals surface area (Å²) in [4.78, 5) is 0.108. The fourth-order valence-electron chi connectivity index (χ4n) is 4.40. The number of nitrogens with one attached hydrogen (secondary N) is 1. The van der Waals surface area contributed by atoms with Crippen molar-refractivity contribution >= 4 is 27.3 Å². The zero-order valence-electron chi connectivity index (χ0n) is 20.0. The van der Waals surface area contributed by atoms with Gasteiger partial charge in [0.05, 0.1) is 38.0 Å². The molecule has 1 fully saturated rings. The number of rotatable bonds is 9. The van der Waals surface area contributed by atoms with Gasteiger partial charge in [-0.25, -0.2) is 8.42 Å². The molecule has 1 N–H and O–H groups in total. The van der Waals surface area contributed by atoms with Crippen LogP contribution in [0.3, 0.4) is 0 Å². The molecule has 1 heterocycles. The lowest BCUT2D eigenvalue weighted by Crippen LogP contribution is -2.42. The van der Waals surface area contributed by atoms with Crippen molar-refractivity contribution in [3.8, 4) is 17.2 Å². The molecule has 186 valence electrons. The van der Waals surface area contributed by atoms with Crippen LogP contribution in [0.2, 0.25) is 5.02 Å². The van der Waals surface area contributed by atoms with Gasteiger partial charge in [-0.2, -0.15) is 0 Å². The van der Waals surface area contributed by atoms with Crippen molar-refractivity contribution in [2.75, 3.05) is 38.7 Å². The number of halogens is 1. The highest BCUT2D eigenvalue weighted by atomic mass is 35.5. The van der Waals surface area contributed by atoms with E-state index in [9.17, 15) is 8.42 Å². The molecule has 0 aromatic heterocycles. The first-order valence-corrected chi connectivity index (χ1v) is 13.1. The Kier molecular flexibility index (Phi) is 7.74. The first kappa shape index (κ1) is 25.2. The zero-order valence-corrected chi connectivity index (χ0v) is 21.5. The van der Waals surface area contributed by atoms with E-state index in [1.54, 1.807) is 19.2 Å². The molecule has 0 aliphatic carbocycles. The van der Waals surface area contributed by atoms with Crippen LogP contribution in [0.4, 0.5) is 5.69 Å². The number of benzene rings is 3. The van der Waals surface area contributed by atoms with Crippen molar-refractivity contribution in [1.82, 2.24) is 5.32 Å². The standard InChI is InChI=1S/C26H29ClN2O5S/c1-32-23-12-11-21(16-25(23)34-3)35(30,31)29(20-13-14-28-17-20)26-19(8-6-10-24(26)33-2)15-18-7-4-5-9-22(18)27/h4-12,16,20,28H,13-15,17H2,1-3H3. The summed E-state index contributed by atoms with van der Waals surface area (Å²) < 4.78 is 46.4. The predicted octanol–water partition coefficient (Wildman–Crippen LogP) is 4.51. The molecule has 0 amide bonds. The summed E-state index contributed by atoms with van der Waals surface area (Å²) in [5.41, 5.74) is 2.21. The second-order valence-corrected chi connectivity index (χ2v) is 10.4. The molecule has 0 radical (unpaired) electrons. The number of sulfonamides is 1. The van der Waals surface area contributed by atoms with Crippen LogP contribution in [0.1, 0.15) is 17.5 Å². The van der Waals surface area contributed by atoms with Gasteiger partial charge in [0.2, 0.25) is 0 Å². The van der Waals surface area contributed by atoms with Crippen LogP contribution >= 0.6 is 11.6 Å². The second kappa shape index (κ2) is 10.8. The van der Waals surface area contributed by atoms with Gasteiger partial charge in [-0.15, -0.1) is 0 Å². The lowest BCUT2D eigenvalue weighted by molar-refractivity contribution is 0.354. The summed E-state index contributed by atoms with van der Waals surface area (Å²) >= 11 is 6.46. The largest absolute Gasteiger partial charge is 0.495 e. The normalized spacial score (nSPS) is 15.6. The van der Waals surface area contributed by atoms with E-state index < -0.39 is 10.0 Å². The monoisotopic (exact) mass is 516 g/mol. The Morgan fingerprint density at radius 2 is 1.63 bits per heavy atom. The molecule has 3 aromatic rings. The maximum Gasteiger partial charge on any atom is 0.264 e. The van der Waals surface area contributed by atoms with E-state index in [0.29, 0.717) is 47.3 Å². The lowest BCUT2D eigenvalue weighted by atomic mass is 10.0. The Balaban J connectivity index is 1.90. The van der Waals surface area contributed by atoms with Gasteiger partial charge in [0.15, 0.2) is 11.5 Å². The summed E-state index contributed by atoms with van der Waals surface area (Å²) in [6.07, 6.45) is 1.11. The molecule has 1 unspecified atom stereocenters. The van der Waals surface area contributed by atoms with Gasteiger partial charge in [0.25, 0.3) is 10.0 Å². The van der Waals surface area contributed by atoms with Crippen molar-refractivity contribution in [2.45, 2.75) is 23.8 Å². The van der Waals surface area contributed by atoms with E-state index in [2.05, 4.69) is 5.32 Å². The fraction of sp³-hybridized carbons (Fsp3) is 0.308. The maximum absolute atomic E-state index is 14.2. The smallest absolute Gasteiger partial charge is 0.264 e. The van der Waals surface area contributed by atoms with Crippen molar-refractivity contribution < 1.29 is 22.6 Å². The minimum atomic E-state index is -4.01. The number of hydrogen-bond donors (Lipinski definition) is 1. The van der Waals surface area contributed by atoms with E-state index in [1.165, 1.54) is 30.7 Å². The molecular formula is C26H29ClN2O5S. The Labute approximate surface area is 211 Å². The third kappa shape index (κ3) is 5.05. The molecule has 1 aliphatic rings. The summed E-state index contributed by atoms with van der Waals surface area (Å²) in [5, 5.41) is 3.91. The van der Waals surface area contributed by atoms with Gasteiger partial charge < -0.3 is 19.5 Å². The van der Waals surface area contributed by atoms with Gasteiger partial charge >= 0.3 is 0 Å². The highest BCUT2D eigenvalue weighted by molar-refractivity contribution is 7.92. The predicted molar refractivity (Wildman–Crippen MR) is 138 cm³/mol. The van der Waals surface area contributed by atoms with Crippen molar-refractivity contribution in [1.29, 1.82) is 0 Å². The molecule has 1 aliphatic heterocycles. The summed E-state index contributed by atoms with van der Waals surface area (Å²) in [7, 11) is 0.533. The Hall–Kier alpha value is -2.94. The van der Waals surface area contributed by atoms with Crippen LogP contribution in [0.25, 0.3) is 0 Å². The first-order valence-electron chi connectivity index (χ1n) is 11.3. The number of anilines is 1. The summed E-state index contributed by atoms with van der Waals surface area (Å²) in [6.45, 7) is 1.24. The molecule has 1 atom stereocenters. The quantitative estimate of drug-likeness (QED) is 0.451. The van der Waals surface area contributed by atoms with Crippen molar-refractivity contribution in [3.63, 3.8) is 0 Å². The number of para-hydroxylation sites is 1. The minimum Gasteiger partial charge on any atom is -0.495 e. The molecule has 3 aromatic carbocycles. The number of methoxy groups -OCH3 is 3. The third-order valence-corrected chi connectivity index (χ3v) is 8.36. The molecule has 0 spiro atoms. The van der Waals surface area contributed by atoms with Crippen LogP contribution in [-0.4, -0.2) is 48.9 Å². The average Bonchev–Trinajstić information content (AvgIpc) is 3.40. The highest BCUT2D eigenvalue weighted by Crippen LogP contribution is 2.41. The lowest BCUT2D eigenvalue weighted by Gasteiger charge is -2.33. The van der Waals surface area contributed by atoms with Gasteiger partial charge in [0, 0.05) is 24.1 Å². The molecule has 35 heavy (non-hydrogen) atoms. The van der Waals surface area contributed by atoms with Gasteiger partial charge in [-0.1, -0.05) is 41.9 Å². The Morgan fingerprint density at radius 1 is 0.914 bits per heavy atom. The third-order valence-electron chi connectivity index (χ3n) is 6.14.